The van der Waals surface area contributed by atoms with E-state index in [-0.39, 0.29) is 10.6 Å². The maximum atomic E-state index is 13.5. The van der Waals surface area contributed by atoms with Crippen molar-refractivity contribution in [1.82, 2.24) is 0 Å². The first-order valence-electron chi connectivity index (χ1n) is 7.82. The lowest BCUT2D eigenvalue weighted by Gasteiger charge is -2.14. The lowest BCUT2D eigenvalue weighted by molar-refractivity contribution is -0.152. The zero-order chi connectivity index (χ0) is 19.2. The minimum Gasteiger partial charge on any atom is -0.453 e. The predicted octanol–water partition coefficient (Wildman–Crippen LogP) is 2.56. The molecule has 26 heavy (non-hydrogen) atoms. The number of hydrogen-bond donors (Lipinski definition) is 1. The Hall–Kier alpha value is -2.74. The highest BCUT2D eigenvalue weighted by Gasteiger charge is 2.21. The van der Waals surface area contributed by atoms with Gasteiger partial charge in [-0.3, -0.25) is 9.59 Å². The van der Waals surface area contributed by atoms with E-state index in [1.165, 1.54) is 37.3 Å². The van der Waals surface area contributed by atoms with Gasteiger partial charge in [-0.05, 0) is 31.2 Å². The van der Waals surface area contributed by atoms with Gasteiger partial charge in [-0.1, -0.05) is 30.3 Å². The van der Waals surface area contributed by atoms with Crippen LogP contribution in [-0.4, -0.2) is 32.2 Å². The van der Waals surface area contributed by atoms with Crippen LogP contribution < -0.4 is 5.32 Å². The van der Waals surface area contributed by atoms with Crippen molar-refractivity contribution in [3.8, 4) is 0 Å². The maximum Gasteiger partial charge on any atom is 0.307 e. The number of halogens is 1. The minimum absolute atomic E-state index is 0.0351. The van der Waals surface area contributed by atoms with Gasteiger partial charge in [-0.2, -0.15) is 0 Å². The first kappa shape index (κ1) is 19.6. The molecule has 0 aliphatic carbocycles. The highest BCUT2D eigenvalue weighted by molar-refractivity contribution is 7.91. The van der Waals surface area contributed by atoms with Gasteiger partial charge < -0.3 is 10.1 Å². The smallest absolute Gasteiger partial charge is 0.307 e. The van der Waals surface area contributed by atoms with Gasteiger partial charge in [0.1, 0.15) is 5.82 Å². The fourth-order valence-corrected chi connectivity index (χ4v) is 3.31. The molecule has 8 heteroatoms. The Morgan fingerprint density at radius 3 is 2.35 bits per heavy atom. The van der Waals surface area contributed by atoms with Crippen LogP contribution in [0.1, 0.15) is 13.3 Å². The number of benzene rings is 2. The number of ether oxygens (including phenoxy) is 1. The first-order valence-corrected chi connectivity index (χ1v) is 9.47. The molecule has 138 valence electrons. The molecule has 2 aromatic carbocycles. The molecule has 0 aliphatic rings. The molecule has 0 aromatic heterocycles. The average molecular weight is 379 g/mol. The molecule has 1 atom stereocenters. The van der Waals surface area contributed by atoms with Gasteiger partial charge in [0.2, 0.25) is 0 Å². The number of esters is 1. The zero-order valence-electron chi connectivity index (χ0n) is 14.0. The molecule has 0 heterocycles. The van der Waals surface area contributed by atoms with Crippen LogP contribution in [-0.2, 0) is 24.2 Å². The third-order valence-electron chi connectivity index (χ3n) is 3.49. The molecule has 0 saturated carbocycles. The predicted molar refractivity (Wildman–Crippen MR) is 93.7 cm³/mol. The third kappa shape index (κ3) is 5.38. The van der Waals surface area contributed by atoms with Crippen LogP contribution in [0.15, 0.2) is 59.5 Å². The molecule has 0 aliphatic heterocycles. The van der Waals surface area contributed by atoms with Gasteiger partial charge in [-0.25, -0.2) is 12.8 Å². The summed E-state index contributed by atoms with van der Waals surface area (Å²) in [4.78, 5) is 23.9. The molecule has 2 rings (SSSR count). The van der Waals surface area contributed by atoms with Gasteiger partial charge in [-0.15, -0.1) is 0 Å². The molecule has 2 aromatic rings. The summed E-state index contributed by atoms with van der Waals surface area (Å²) < 4.78 is 42.6. The zero-order valence-corrected chi connectivity index (χ0v) is 14.8. The average Bonchev–Trinajstić information content (AvgIpc) is 2.62. The Morgan fingerprint density at radius 1 is 1.08 bits per heavy atom. The Labute approximate surface area is 150 Å². The van der Waals surface area contributed by atoms with Crippen LogP contribution in [0.2, 0.25) is 0 Å². The molecule has 1 N–H and O–H groups in total. The number of carbonyl (C=O) groups excluding carboxylic acids is 2. The van der Waals surface area contributed by atoms with Crippen LogP contribution in [0.3, 0.4) is 0 Å². The molecule has 6 nitrogen and oxygen atoms in total. The van der Waals surface area contributed by atoms with Crippen molar-refractivity contribution in [1.29, 1.82) is 0 Å². The molecule has 1 amide bonds. The molecule has 0 bridgehead atoms. The lowest BCUT2D eigenvalue weighted by Crippen LogP contribution is -2.30. The normalized spacial score (nSPS) is 12.2. The van der Waals surface area contributed by atoms with Crippen LogP contribution >= 0.6 is 0 Å². The Balaban J connectivity index is 1.87. The fourth-order valence-electron chi connectivity index (χ4n) is 2.07. The summed E-state index contributed by atoms with van der Waals surface area (Å²) in [6, 6.07) is 13.3. The quantitative estimate of drug-likeness (QED) is 0.747. The molecule has 0 radical (unpaired) electrons. The molecule has 1 unspecified atom stereocenters. The third-order valence-corrected chi connectivity index (χ3v) is 5.22. The van der Waals surface area contributed by atoms with Crippen LogP contribution in [0.4, 0.5) is 10.1 Å². The lowest BCUT2D eigenvalue weighted by atomic mass is 10.3. The summed E-state index contributed by atoms with van der Waals surface area (Å²) >= 11 is 0. The van der Waals surface area contributed by atoms with E-state index in [0.717, 1.165) is 0 Å². The van der Waals surface area contributed by atoms with Crippen molar-refractivity contribution in [2.75, 3.05) is 11.1 Å². The number of anilines is 1. The molecule has 0 spiro atoms. The van der Waals surface area contributed by atoms with E-state index in [9.17, 15) is 22.4 Å². The van der Waals surface area contributed by atoms with Gasteiger partial charge in [0.05, 0.1) is 22.8 Å². The molecule has 0 fully saturated rings. The van der Waals surface area contributed by atoms with E-state index in [4.69, 9.17) is 4.74 Å². The van der Waals surface area contributed by atoms with Gasteiger partial charge in [0.15, 0.2) is 15.9 Å². The van der Waals surface area contributed by atoms with E-state index < -0.39 is 45.8 Å². The van der Waals surface area contributed by atoms with Gasteiger partial charge in [0, 0.05) is 0 Å². The van der Waals surface area contributed by atoms with Crippen molar-refractivity contribution >= 4 is 27.4 Å². The van der Waals surface area contributed by atoms with Crippen molar-refractivity contribution in [3.05, 3.63) is 60.4 Å². The van der Waals surface area contributed by atoms with Gasteiger partial charge >= 0.3 is 5.97 Å². The van der Waals surface area contributed by atoms with E-state index in [0.29, 0.717) is 0 Å². The second-order valence-electron chi connectivity index (χ2n) is 5.48. The van der Waals surface area contributed by atoms with Crippen LogP contribution in [0, 0.1) is 5.82 Å². The van der Waals surface area contributed by atoms with E-state index in [1.54, 1.807) is 24.3 Å². The Morgan fingerprint density at radius 2 is 1.69 bits per heavy atom. The number of amides is 1. The minimum atomic E-state index is -3.62. The molecular weight excluding hydrogens is 361 g/mol. The van der Waals surface area contributed by atoms with E-state index in [1.807, 2.05) is 0 Å². The fraction of sp³-hybridized carbons (Fsp3) is 0.222. The van der Waals surface area contributed by atoms with Crippen molar-refractivity contribution in [2.45, 2.75) is 24.3 Å². The maximum absolute atomic E-state index is 13.5. The monoisotopic (exact) mass is 379 g/mol. The number of para-hydroxylation sites is 1. The second-order valence-corrected chi connectivity index (χ2v) is 7.59. The largest absolute Gasteiger partial charge is 0.453 e. The summed E-state index contributed by atoms with van der Waals surface area (Å²) in [6.07, 6.45) is -1.59. The summed E-state index contributed by atoms with van der Waals surface area (Å²) in [6.45, 7) is 1.32. The SMILES string of the molecule is CC(OC(=O)CCS(=O)(=O)c1ccccc1)C(=O)Nc1ccccc1F. The van der Waals surface area contributed by atoms with Crippen LogP contribution in [0.25, 0.3) is 0 Å². The van der Waals surface area contributed by atoms with Crippen molar-refractivity contribution < 1.29 is 27.1 Å². The summed E-state index contributed by atoms with van der Waals surface area (Å²) in [5.41, 5.74) is -0.0351. The van der Waals surface area contributed by atoms with E-state index in [2.05, 4.69) is 5.32 Å². The standard InChI is InChI=1S/C18H18FNO5S/c1-13(18(22)20-16-10-6-5-9-15(16)19)25-17(21)11-12-26(23,24)14-7-3-2-4-8-14/h2-10,13H,11-12H2,1H3,(H,20,22). The Kier molecular flexibility index (Phi) is 6.46. The van der Waals surface area contributed by atoms with Gasteiger partial charge in [0.25, 0.3) is 5.91 Å². The Bertz CT molecular complexity index is 883. The first-order chi connectivity index (χ1) is 12.3. The topological polar surface area (TPSA) is 89.5 Å². The molecule has 0 saturated heterocycles. The summed E-state index contributed by atoms with van der Waals surface area (Å²) in [5, 5.41) is 2.30. The number of sulfone groups is 1. The van der Waals surface area contributed by atoms with E-state index >= 15 is 0 Å². The van der Waals surface area contributed by atoms with Crippen molar-refractivity contribution in [2.24, 2.45) is 0 Å². The number of carbonyl (C=O) groups is 2. The highest BCUT2D eigenvalue weighted by Crippen LogP contribution is 2.14. The number of hydrogen-bond acceptors (Lipinski definition) is 5. The second kappa shape index (κ2) is 8.57. The number of rotatable bonds is 7. The highest BCUT2D eigenvalue weighted by atomic mass is 32.2. The summed E-state index contributed by atoms with van der Waals surface area (Å²) in [5.74, 6) is -2.60. The van der Waals surface area contributed by atoms with Crippen LogP contribution in [0.5, 0.6) is 0 Å². The molecular formula is C18H18FNO5S. The number of nitrogens with one attached hydrogen (secondary N) is 1. The van der Waals surface area contributed by atoms with Crippen molar-refractivity contribution in [3.63, 3.8) is 0 Å². The summed E-state index contributed by atoms with van der Waals surface area (Å²) in [7, 11) is -3.62.